The van der Waals surface area contributed by atoms with Gasteiger partial charge in [-0.1, -0.05) is 0 Å². The molecule has 0 unspecified atom stereocenters. The summed E-state index contributed by atoms with van der Waals surface area (Å²) in [6.45, 7) is 2.02. The van der Waals surface area contributed by atoms with Gasteiger partial charge in [0.05, 0.1) is 26.3 Å². The number of ether oxygens (including phenoxy) is 2. The Morgan fingerprint density at radius 2 is 2.54 bits per heavy atom. The van der Waals surface area contributed by atoms with Crippen LogP contribution in [-0.2, 0) is 14.3 Å². The Morgan fingerprint density at radius 3 is 3.08 bits per heavy atom. The van der Waals surface area contributed by atoms with Gasteiger partial charge in [-0.25, -0.2) is 0 Å². The second kappa shape index (κ2) is 3.38. The third-order valence-electron chi connectivity index (χ3n) is 2.50. The van der Waals surface area contributed by atoms with Crippen molar-refractivity contribution in [3.8, 4) is 0 Å². The molecule has 72 valence electrons. The van der Waals surface area contributed by atoms with Crippen LogP contribution in [0.15, 0.2) is 11.8 Å². The Bertz CT molecular complexity index is 243. The van der Waals surface area contributed by atoms with Gasteiger partial charge in [0.25, 0.3) is 5.91 Å². The highest BCUT2D eigenvalue weighted by atomic mass is 16.5. The SMILES string of the molecule is COC1=CC(=O)N([C@H]2CCOC2)C1. The van der Waals surface area contributed by atoms with Crippen molar-refractivity contribution in [1.29, 1.82) is 0 Å². The third kappa shape index (κ3) is 1.54. The van der Waals surface area contributed by atoms with Gasteiger partial charge in [0, 0.05) is 12.7 Å². The van der Waals surface area contributed by atoms with Crippen LogP contribution in [0, 0.1) is 0 Å². The van der Waals surface area contributed by atoms with Crippen molar-refractivity contribution in [1.82, 2.24) is 4.90 Å². The summed E-state index contributed by atoms with van der Waals surface area (Å²) in [6, 6.07) is 0.247. The lowest BCUT2D eigenvalue weighted by molar-refractivity contribution is -0.126. The molecule has 0 aromatic heterocycles. The number of carbonyl (C=O) groups excluding carboxylic acids is 1. The summed E-state index contributed by atoms with van der Waals surface area (Å²) in [4.78, 5) is 13.3. The molecular formula is C9H13NO3. The van der Waals surface area contributed by atoms with Crippen LogP contribution in [0.5, 0.6) is 0 Å². The predicted molar refractivity (Wildman–Crippen MR) is 46.0 cm³/mol. The van der Waals surface area contributed by atoms with E-state index < -0.39 is 0 Å². The van der Waals surface area contributed by atoms with Gasteiger partial charge in [-0.05, 0) is 6.42 Å². The number of methoxy groups -OCH3 is 1. The summed E-state index contributed by atoms with van der Waals surface area (Å²) in [5, 5.41) is 0. The highest BCUT2D eigenvalue weighted by Crippen LogP contribution is 2.19. The summed E-state index contributed by atoms with van der Waals surface area (Å²) in [6.07, 6.45) is 2.49. The van der Waals surface area contributed by atoms with Crippen molar-refractivity contribution in [3.63, 3.8) is 0 Å². The minimum absolute atomic E-state index is 0.0485. The van der Waals surface area contributed by atoms with Crippen LogP contribution >= 0.6 is 0 Å². The molecular weight excluding hydrogens is 170 g/mol. The van der Waals surface area contributed by atoms with E-state index in [1.807, 2.05) is 4.90 Å². The van der Waals surface area contributed by atoms with E-state index >= 15 is 0 Å². The molecule has 0 saturated carbocycles. The molecule has 0 spiro atoms. The molecule has 0 radical (unpaired) electrons. The van der Waals surface area contributed by atoms with Gasteiger partial charge in [0.15, 0.2) is 0 Å². The van der Waals surface area contributed by atoms with Gasteiger partial charge in [0.1, 0.15) is 5.76 Å². The molecule has 2 aliphatic heterocycles. The average molecular weight is 183 g/mol. The molecule has 0 aliphatic carbocycles. The molecule has 0 aromatic rings. The first-order valence-corrected chi connectivity index (χ1v) is 4.44. The Labute approximate surface area is 77.1 Å². The summed E-state index contributed by atoms with van der Waals surface area (Å²) in [7, 11) is 1.59. The molecule has 2 heterocycles. The Hall–Kier alpha value is -1.03. The smallest absolute Gasteiger partial charge is 0.250 e. The quantitative estimate of drug-likeness (QED) is 0.611. The Kier molecular flexibility index (Phi) is 2.22. The second-order valence-corrected chi connectivity index (χ2v) is 3.30. The van der Waals surface area contributed by atoms with Gasteiger partial charge in [-0.2, -0.15) is 0 Å². The molecule has 1 saturated heterocycles. The number of nitrogens with zero attached hydrogens (tertiary/aromatic N) is 1. The zero-order valence-corrected chi connectivity index (χ0v) is 7.66. The zero-order valence-electron chi connectivity index (χ0n) is 7.66. The maximum atomic E-state index is 11.4. The lowest BCUT2D eigenvalue weighted by Crippen LogP contribution is -2.37. The first kappa shape index (κ1) is 8.56. The van der Waals surface area contributed by atoms with Crippen molar-refractivity contribution in [2.75, 3.05) is 26.9 Å². The topological polar surface area (TPSA) is 38.8 Å². The molecule has 4 heteroatoms. The predicted octanol–water partition coefficient (Wildman–Crippen LogP) is 0.148. The van der Waals surface area contributed by atoms with E-state index in [0.29, 0.717) is 13.2 Å². The van der Waals surface area contributed by atoms with Crippen LogP contribution in [0.2, 0.25) is 0 Å². The minimum atomic E-state index is 0.0485. The van der Waals surface area contributed by atoms with Crippen LogP contribution in [0.4, 0.5) is 0 Å². The molecule has 4 nitrogen and oxygen atoms in total. The Morgan fingerprint density at radius 1 is 1.69 bits per heavy atom. The lowest BCUT2D eigenvalue weighted by atomic mass is 10.2. The highest BCUT2D eigenvalue weighted by molar-refractivity contribution is 5.91. The van der Waals surface area contributed by atoms with Crippen LogP contribution < -0.4 is 0 Å². The van der Waals surface area contributed by atoms with Crippen molar-refractivity contribution in [2.24, 2.45) is 0 Å². The molecule has 1 atom stereocenters. The average Bonchev–Trinajstić information content (AvgIpc) is 2.72. The van der Waals surface area contributed by atoms with E-state index in [1.165, 1.54) is 0 Å². The Balaban J connectivity index is 2.00. The van der Waals surface area contributed by atoms with Gasteiger partial charge < -0.3 is 14.4 Å². The van der Waals surface area contributed by atoms with Crippen molar-refractivity contribution >= 4 is 5.91 Å². The maximum Gasteiger partial charge on any atom is 0.250 e. The number of hydrogen-bond acceptors (Lipinski definition) is 3. The van der Waals surface area contributed by atoms with Crippen LogP contribution in [0.3, 0.4) is 0 Å². The van der Waals surface area contributed by atoms with Crippen molar-refractivity contribution in [3.05, 3.63) is 11.8 Å². The van der Waals surface area contributed by atoms with Gasteiger partial charge >= 0.3 is 0 Å². The molecule has 1 fully saturated rings. The normalized spacial score (nSPS) is 28.1. The number of carbonyl (C=O) groups is 1. The fourth-order valence-corrected chi connectivity index (χ4v) is 1.71. The molecule has 2 rings (SSSR count). The summed E-state index contributed by atoms with van der Waals surface area (Å²) in [5.41, 5.74) is 0. The monoisotopic (exact) mass is 183 g/mol. The standard InChI is InChI=1S/C9H13NO3/c1-12-8-4-9(11)10(5-8)7-2-3-13-6-7/h4,7H,2-3,5-6H2,1H3/t7-/m0/s1. The van der Waals surface area contributed by atoms with Gasteiger partial charge in [-0.3, -0.25) is 4.79 Å². The van der Waals surface area contributed by atoms with Crippen molar-refractivity contribution in [2.45, 2.75) is 12.5 Å². The van der Waals surface area contributed by atoms with E-state index in [9.17, 15) is 4.79 Å². The van der Waals surface area contributed by atoms with Crippen LogP contribution in [0.1, 0.15) is 6.42 Å². The largest absolute Gasteiger partial charge is 0.499 e. The lowest BCUT2D eigenvalue weighted by Gasteiger charge is -2.22. The van der Waals surface area contributed by atoms with Crippen LogP contribution in [0.25, 0.3) is 0 Å². The van der Waals surface area contributed by atoms with Crippen LogP contribution in [-0.4, -0.2) is 43.7 Å². The maximum absolute atomic E-state index is 11.4. The minimum Gasteiger partial charge on any atom is -0.499 e. The van der Waals surface area contributed by atoms with Crippen molar-refractivity contribution < 1.29 is 14.3 Å². The molecule has 0 aromatic carbocycles. The van der Waals surface area contributed by atoms with E-state index in [4.69, 9.17) is 9.47 Å². The zero-order chi connectivity index (χ0) is 9.26. The second-order valence-electron chi connectivity index (χ2n) is 3.30. The highest BCUT2D eigenvalue weighted by Gasteiger charge is 2.31. The van der Waals surface area contributed by atoms with E-state index in [1.54, 1.807) is 13.2 Å². The first-order valence-electron chi connectivity index (χ1n) is 4.44. The number of rotatable bonds is 2. The molecule has 0 bridgehead atoms. The number of amides is 1. The summed E-state index contributed by atoms with van der Waals surface area (Å²) >= 11 is 0. The molecule has 1 amide bonds. The molecule has 13 heavy (non-hydrogen) atoms. The molecule has 0 N–H and O–H groups in total. The summed E-state index contributed by atoms with van der Waals surface area (Å²) < 4.78 is 10.3. The fraction of sp³-hybridized carbons (Fsp3) is 0.667. The fourth-order valence-electron chi connectivity index (χ4n) is 1.71. The number of hydrogen-bond donors (Lipinski definition) is 0. The molecule has 2 aliphatic rings. The first-order chi connectivity index (χ1) is 6.31. The third-order valence-corrected chi connectivity index (χ3v) is 2.50. The van der Waals surface area contributed by atoms with E-state index in [0.717, 1.165) is 18.8 Å². The van der Waals surface area contributed by atoms with E-state index in [-0.39, 0.29) is 11.9 Å². The summed E-state index contributed by atoms with van der Waals surface area (Å²) in [5.74, 6) is 0.796. The van der Waals surface area contributed by atoms with Gasteiger partial charge in [0.2, 0.25) is 0 Å². The van der Waals surface area contributed by atoms with E-state index in [2.05, 4.69) is 0 Å². The van der Waals surface area contributed by atoms with Gasteiger partial charge in [-0.15, -0.1) is 0 Å².